The van der Waals surface area contributed by atoms with Crippen LogP contribution in [-0.4, -0.2) is 22.8 Å². The Morgan fingerprint density at radius 1 is 0.432 bits per heavy atom. The number of benzene rings is 3. The van der Waals surface area contributed by atoms with Gasteiger partial charge in [-0.05, 0) is 91.8 Å². The van der Waals surface area contributed by atoms with Crippen molar-refractivity contribution in [1.29, 1.82) is 0 Å². The van der Waals surface area contributed by atoms with Gasteiger partial charge in [-0.2, -0.15) is 0 Å². The summed E-state index contributed by atoms with van der Waals surface area (Å²) >= 11 is 0. The molecule has 0 saturated heterocycles. The Labute approximate surface area is 267 Å². The van der Waals surface area contributed by atoms with E-state index in [1.165, 1.54) is 22.3 Å². The molecule has 0 radical (unpaired) electrons. The van der Waals surface area contributed by atoms with Crippen molar-refractivity contribution in [3.63, 3.8) is 0 Å². The van der Waals surface area contributed by atoms with E-state index in [0.29, 0.717) is 23.7 Å². The largest absolute Gasteiger partial charge is 0.258 e. The van der Waals surface area contributed by atoms with Crippen molar-refractivity contribution in [2.75, 3.05) is 0 Å². The molecule has 234 valence electrons. The molecule has 0 fully saturated rings. The van der Waals surface area contributed by atoms with Crippen molar-refractivity contribution >= 4 is 45.6 Å². The predicted octanol–water partition coefficient (Wildman–Crippen LogP) is 12.7. The number of para-hydroxylation sites is 2. The molecule has 4 nitrogen and oxygen atoms in total. The Morgan fingerprint density at radius 2 is 0.705 bits per heavy atom. The van der Waals surface area contributed by atoms with Crippen LogP contribution in [0.2, 0.25) is 0 Å². The van der Waals surface area contributed by atoms with E-state index in [2.05, 4.69) is 126 Å². The summed E-state index contributed by atoms with van der Waals surface area (Å²) in [5.74, 6) is 1.69. The number of nitrogens with zero attached hydrogens (tertiary/aromatic N) is 4. The highest BCUT2D eigenvalue weighted by molar-refractivity contribution is 6.05. The standard InChI is InChI=1S/C40H54N4/c1-25(2)35-18-14-19-36(26(3)4)39(35)43-31(11)22-29(9)41-33-16-13-17-34(24-33)42-30(10)23-32(12)44-40-37(27(5)6)20-15-21-38(40)28(7)8/h13-21,24-28H,22-23H2,1-12H3. The summed E-state index contributed by atoms with van der Waals surface area (Å²) in [6.07, 6.45) is 1.45. The van der Waals surface area contributed by atoms with E-state index in [0.717, 1.165) is 58.4 Å². The Kier molecular flexibility index (Phi) is 12.6. The summed E-state index contributed by atoms with van der Waals surface area (Å²) in [5, 5.41) is 0. The van der Waals surface area contributed by atoms with E-state index in [4.69, 9.17) is 20.0 Å². The van der Waals surface area contributed by atoms with E-state index in [1.54, 1.807) is 0 Å². The third-order valence-electron chi connectivity index (χ3n) is 7.78. The first-order valence-electron chi connectivity index (χ1n) is 16.3. The minimum Gasteiger partial charge on any atom is -0.258 e. The molecule has 3 aromatic carbocycles. The molecule has 0 unspecified atom stereocenters. The Hall–Kier alpha value is -3.66. The molecule has 0 spiro atoms. The van der Waals surface area contributed by atoms with Gasteiger partial charge in [0.1, 0.15) is 0 Å². The first-order chi connectivity index (χ1) is 20.8. The molecule has 0 N–H and O–H groups in total. The van der Waals surface area contributed by atoms with Crippen molar-refractivity contribution in [2.45, 2.75) is 120 Å². The molecule has 4 heteroatoms. The molecule has 0 aromatic heterocycles. The summed E-state index contributed by atoms with van der Waals surface area (Å²) < 4.78 is 0. The van der Waals surface area contributed by atoms with Gasteiger partial charge in [-0.25, -0.2) is 0 Å². The zero-order chi connectivity index (χ0) is 32.6. The van der Waals surface area contributed by atoms with Gasteiger partial charge in [0, 0.05) is 35.7 Å². The lowest BCUT2D eigenvalue weighted by atomic mass is 9.93. The molecule has 0 heterocycles. The van der Waals surface area contributed by atoms with Gasteiger partial charge >= 0.3 is 0 Å². The van der Waals surface area contributed by atoms with Gasteiger partial charge in [-0.15, -0.1) is 0 Å². The van der Waals surface area contributed by atoms with Crippen LogP contribution >= 0.6 is 0 Å². The van der Waals surface area contributed by atoms with Gasteiger partial charge in [0.15, 0.2) is 0 Å². The van der Waals surface area contributed by atoms with E-state index in [9.17, 15) is 0 Å². The topological polar surface area (TPSA) is 49.4 Å². The average molecular weight is 591 g/mol. The predicted molar refractivity (Wildman–Crippen MR) is 196 cm³/mol. The highest BCUT2D eigenvalue weighted by atomic mass is 14.8. The molecule has 0 aliphatic rings. The smallest absolute Gasteiger partial charge is 0.0698 e. The summed E-state index contributed by atoms with van der Waals surface area (Å²) in [6, 6.07) is 21.3. The second-order valence-corrected chi connectivity index (χ2v) is 13.5. The van der Waals surface area contributed by atoms with Crippen LogP contribution in [0.1, 0.15) is 142 Å². The number of hydrogen-bond acceptors (Lipinski definition) is 4. The Morgan fingerprint density at radius 3 is 1.00 bits per heavy atom. The molecule has 3 aromatic rings. The molecule has 0 bridgehead atoms. The summed E-state index contributed by atoms with van der Waals surface area (Å²) in [4.78, 5) is 20.1. The normalized spacial score (nSPS) is 13.6. The maximum atomic E-state index is 5.13. The van der Waals surface area contributed by atoms with Crippen molar-refractivity contribution in [1.82, 2.24) is 0 Å². The fourth-order valence-electron chi connectivity index (χ4n) is 5.63. The Bertz CT molecular complexity index is 1380. The summed E-state index contributed by atoms with van der Waals surface area (Å²) in [6.45, 7) is 26.3. The van der Waals surface area contributed by atoms with Gasteiger partial charge in [-0.1, -0.05) is 97.9 Å². The quantitative estimate of drug-likeness (QED) is 0.188. The van der Waals surface area contributed by atoms with Gasteiger partial charge in [0.25, 0.3) is 0 Å². The number of aliphatic imine (C=N–C) groups is 4. The van der Waals surface area contributed by atoms with Gasteiger partial charge in [0.2, 0.25) is 0 Å². The van der Waals surface area contributed by atoms with Crippen molar-refractivity contribution < 1.29 is 0 Å². The lowest BCUT2D eigenvalue weighted by Crippen LogP contribution is -2.02. The van der Waals surface area contributed by atoms with Crippen molar-refractivity contribution in [3.05, 3.63) is 82.9 Å². The monoisotopic (exact) mass is 590 g/mol. The second-order valence-electron chi connectivity index (χ2n) is 13.5. The van der Waals surface area contributed by atoms with Gasteiger partial charge in [0.05, 0.1) is 22.7 Å². The minimum absolute atomic E-state index is 0.421. The Balaban J connectivity index is 1.80. The van der Waals surface area contributed by atoms with Crippen molar-refractivity contribution in [2.24, 2.45) is 20.0 Å². The highest BCUT2D eigenvalue weighted by Gasteiger charge is 2.15. The maximum absolute atomic E-state index is 5.13. The van der Waals surface area contributed by atoms with Gasteiger partial charge in [-0.3, -0.25) is 20.0 Å². The lowest BCUT2D eigenvalue weighted by molar-refractivity contribution is 0.834. The van der Waals surface area contributed by atoms with Crippen LogP contribution in [0, 0.1) is 0 Å². The highest BCUT2D eigenvalue weighted by Crippen LogP contribution is 2.36. The lowest BCUT2D eigenvalue weighted by Gasteiger charge is -2.17. The SMILES string of the molecule is CC(CC(C)=Nc1c(C(C)C)cccc1C(C)C)=Nc1cccc(N=C(C)CC(C)=Nc2c(C(C)C)cccc2C(C)C)c1. The molecule has 3 rings (SSSR count). The van der Waals surface area contributed by atoms with Crippen LogP contribution in [0.4, 0.5) is 22.7 Å². The van der Waals surface area contributed by atoms with E-state index in [1.807, 2.05) is 18.2 Å². The van der Waals surface area contributed by atoms with Crippen LogP contribution in [0.25, 0.3) is 0 Å². The van der Waals surface area contributed by atoms with E-state index in [-0.39, 0.29) is 0 Å². The molecule has 0 amide bonds. The number of rotatable bonds is 12. The third kappa shape index (κ3) is 9.67. The minimum atomic E-state index is 0.421. The first kappa shape index (κ1) is 34.8. The third-order valence-corrected chi connectivity index (χ3v) is 7.78. The van der Waals surface area contributed by atoms with Crippen LogP contribution in [0.3, 0.4) is 0 Å². The van der Waals surface area contributed by atoms with Gasteiger partial charge < -0.3 is 0 Å². The van der Waals surface area contributed by atoms with Crippen LogP contribution < -0.4 is 0 Å². The summed E-state index contributed by atoms with van der Waals surface area (Å²) in [5.41, 5.74) is 13.5. The molecule has 44 heavy (non-hydrogen) atoms. The van der Waals surface area contributed by atoms with Crippen LogP contribution in [0.15, 0.2) is 80.6 Å². The zero-order valence-corrected chi connectivity index (χ0v) is 29.3. The van der Waals surface area contributed by atoms with Crippen molar-refractivity contribution in [3.8, 4) is 0 Å². The first-order valence-corrected chi connectivity index (χ1v) is 16.3. The number of hydrogen-bond donors (Lipinski definition) is 0. The fourth-order valence-corrected chi connectivity index (χ4v) is 5.63. The molecule has 0 aliphatic heterocycles. The average Bonchev–Trinajstić information content (AvgIpc) is 2.92. The van der Waals surface area contributed by atoms with E-state index >= 15 is 0 Å². The summed E-state index contributed by atoms with van der Waals surface area (Å²) in [7, 11) is 0. The molecular formula is C40H54N4. The molecule has 0 saturated carbocycles. The maximum Gasteiger partial charge on any atom is 0.0698 e. The van der Waals surface area contributed by atoms with Crippen LogP contribution in [0.5, 0.6) is 0 Å². The zero-order valence-electron chi connectivity index (χ0n) is 29.3. The molecule has 0 aliphatic carbocycles. The molecule has 0 atom stereocenters. The molecular weight excluding hydrogens is 536 g/mol. The fraction of sp³-hybridized carbons (Fsp3) is 0.450. The second kappa shape index (κ2) is 15.9. The van der Waals surface area contributed by atoms with Crippen LogP contribution in [-0.2, 0) is 0 Å². The van der Waals surface area contributed by atoms with E-state index < -0.39 is 0 Å².